The van der Waals surface area contributed by atoms with Crippen LogP contribution in [0.1, 0.15) is 6.23 Å². The molecule has 1 aliphatic rings. The largest absolute Gasteiger partial charge is 0.394 e. The molecular weight excluding hydrogens is 291 g/mol. The lowest BCUT2D eigenvalue weighted by molar-refractivity contribution is -0.0428. The predicted octanol–water partition coefficient (Wildman–Crippen LogP) is -2.68. The molecule has 7 N–H and O–H groups in total. The Labute approximate surface area is 113 Å². The van der Waals surface area contributed by atoms with Gasteiger partial charge in [-0.15, -0.1) is 0 Å². The third-order valence-electron chi connectivity index (χ3n) is 2.92. The van der Waals surface area contributed by atoms with Crippen molar-refractivity contribution in [3.05, 3.63) is 33.1 Å². The molecule has 2 rings (SSSR count). The Kier molecular flexibility index (Phi) is 4.66. The van der Waals surface area contributed by atoms with Gasteiger partial charge >= 0.3 is 5.69 Å². The van der Waals surface area contributed by atoms with E-state index in [4.69, 9.17) is 25.4 Å². The van der Waals surface area contributed by atoms with Gasteiger partial charge in [-0.1, -0.05) is 0 Å². The first-order valence-electron chi connectivity index (χ1n) is 5.68. The van der Waals surface area contributed by atoms with E-state index in [2.05, 4.69) is 4.98 Å². The van der Waals surface area contributed by atoms with Crippen molar-refractivity contribution in [3.8, 4) is 0 Å². The number of nitrogens with one attached hydrogen (secondary N) is 1. The summed E-state index contributed by atoms with van der Waals surface area (Å²) in [5, 5.41) is 9.22. The summed E-state index contributed by atoms with van der Waals surface area (Å²) in [6, 6.07) is 0.290. The zero-order chi connectivity index (χ0) is 14.9. The van der Waals surface area contributed by atoms with Crippen LogP contribution in [0.15, 0.2) is 21.9 Å². The summed E-state index contributed by atoms with van der Waals surface area (Å²) in [4.78, 5) is 33.9. The molecule has 11 heteroatoms. The fraction of sp³-hybridized carbons (Fsp3) is 0.556. The van der Waals surface area contributed by atoms with Crippen molar-refractivity contribution < 1.29 is 19.3 Å². The van der Waals surface area contributed by atoms with Crippen LogP contribution in [0.5, 0.6) is 0 Å². The number of nitrogens with two attached hydrogens (primary N) is 2. The fourth-order valence-corrected chi connectivity index (χ4v) is 2.57. The van der Waals surface area contributed by atoms with E-state index >= 15 is 0 Å². The highest BCUT2D eigenvalue weighted by molar-refractivity contribution is 7.43. The number of hydrogen-bond donors (Lipinski definition) is 5. The molecule has 1 aromatic rings. The maximum atomic E-state index is 11.7. The second-order valence-electron chi connectivity index (χ2n) is 4.21. The van der Waals surface area contributed by atoms with Crippen LogP contribution in [-0.4, -0.2) is 44.4 Å². The fourth-order valence-electron chi connectivity index (χ4n) is 2.05. The minimum Gasteiger partial charge on any atom is -0.394 e. The van der Waals surface area contributed by atoms with Crippen molar-refractivity contribution in [3.63, 3.8) is 0 Å². The average Bonchev–Trinajstić information content (AvgIpc) is 2.67. The van der Waals surface area contributed by atoms with E-state index in [-0.39, 0.29) is 0 Å². The number of ether oxygens (including phenoxy) is 1. The van der Waals surface area contributed by atoms with Gasteiger partial charge in [0.05, 0.1) is 12.6 Å². The molecule has 1 aromatic heterocycles. The number of aromatic nitrogens is 2. The Morgan fingerprint density at radius 2 is 2.25 bits per heavy atom. The van der Waals surface area contributed by atoms with E-state index in [1.54, 1.807) is 0 Å². The van der Waals surface area contributed by atoms with E-state index in [0.717, 1.165) is 10.6 Å². The van der Waals surface area contributed by atoms with Crippen molar-refractivity contribution in [1.82, 2.24) is 9.55 Å². The van der Waals surface area contributed by atoms with Crippen LogP contribution in [0, 0.1) is 0 Å². The maximum absolute atomic E-state index is 11.7. The molecule has 1 fully saturated rings. The summed E-state index contributed by atoms with van der Waals surface area (Å²) in [6.07, 6.45) is -1.43. The molecule has 10 nitrogen and oxygen atoms in total. The van der Waals surface area contributed by atoms with Gasteiger partial charge in [0, 0.05) is 12.3 Å². The minimum atomic E-state index is -2.19. The van der Waals surface area contributed by atoms with Gasteiger partial charge in [-0.3, -0.25) is 19.8 Å². The molecule has 0 spiro atoms. The molecule has 0 bridgehead atoms. The average molecular weight is 306 g/mol. The molecular formula is C9H15N4O6P. The summed E-state index contributed by atoms with van der Waals surface area (Å²) in [5.41, 5.74) is 9.83. The Morgan fingerprint density at radius 1 is 1.55 bits per heavy atom. The molecule has 1 unspecified atom stereocenters. The number of hydrogen-bond acceptors (Lipinski definition) is 8. The normalized spacial score (nSPS) is 31.4. The highest BCUT2D eigenvalue weighted by Crippen LogP contribution is 2.35. The Hall–Kier alpha value is -1.13. The Morgan fingerprint density at radius 3 is 2.80 bits per heavy atom. The van der Waals surface area contributed by atoms with Gasteiger partial charge in [0.25, 0.3) is 14.1 Å². The first-order valence-corrected chi connectivity index (χ1v) is 6.96. The molecule has 20 heavy (non-hydrogen) atoms. The van der Waals surface area contributed by atoms with Crippen LogP contribution in [0.4, 0.5) is 0 Å². The molecule has 0 amide bonds. The summed E-state index contributed by atoms with van der Waals surface area (Å²) in [5.74, 6) is 0. The first-order chi connectivity index (χ1) is 9.43. The molecule has 2 heterocycles. The summed E-state index contributed by atoms with van der Waals surface area (Å²) >= 11 is 0. The van der Waals surface area contributed by atoms with Gasteiger partial charge in [-0.25, -0.2) is 4.79 Å². The third-order valence-corrected chi connectivity index (χ3v) is 3.38. The predicted molar refractivity (Wildman–Crippen MR) is 68.5 cm³/mol. The van der Waals surface area contributed by atoms with Gasteiger partial charge < -0.3 is 25.0 Å². The van der Waals surface area contributed by atoms with Gasteiger partial charge in [0.15, 0.2) is 6.23 Å². The van der Waals surface area contributed by atoms with E-state index in [1.165, 1.54) is 6.20 Å². The summed E-state index contributed by atoms with van der Waals surface area (Å²) in [7, 11) is -2.19. The van der Waals surface area contributed by atoms with Gasteiger partial charge in [-0.2, -0.15) is 0 Å². The van der Waals surface area contributed by atoms with Crippen LogP contribution < -0.4 is 22.5 Å². The molecule has 0 radical (unpaired) electrons. The lowest BCUT2D eigenvalue weighted by Crippen LogP contribution is -2.43. The molecule has 112 valence electrons. The van der Waals surface area contributed by atoms with E-state index in [9.17, 15) is 14.7 Å². The van der Waals surface area contributed by atoms with Crippen LogP contribution in [0.2, 0.25) is 0 Å². The highest BCUT2D eigenvalue weighted by atomic mass is 31.2. The van der Waals surface area contributed by atoms with Crippen LogP contribution in [0.3, 0.4) is 0 Å². The third kappa shape index (κ3) is 2.96. The molecule has 1 aliphatic heterocycles. The second-order valence-corrected chi connectivity index (χ2v) is 5.03. The van der Waals surface area contributed by atoms with E-state index < -0.39 is 50.9 Å². The molecule has 0 aliphatic carbocycles. The smallest absolute Gasteiger partial charge is 0.330 e. The first kappa shape index (κ1) is 15.3. The number of nitrogens with zero attached hydrogens (tertiary/aromatic N) is 1. The monoisotopic (exact) mass is 306 g/mol. The zero-order valence-corrected chi connectivity index (χ0v) is 11.1. The Bertz CT molecular complexity index is 574. The lowest BCUT2D eigenvalue weighted by Gasteiger charge is -2.21. The lowest BCUT2D eigenvalue weighted by atomic mass is 10.1. The minimum absolute atomic E-state index is 0.420. The number of aliphatic hydroxyl groups excluding tert-OH is 1. The van der Waals surface area contributed by atoms with Crippen LogP contribution >= 0.6 is 8.53 Å². The topological polar surface area (TPSA) is 166 Å². The van der Waals surface area contributed by atoms with Crippen molar-refractivity contribution in [2.75, 3.05) is 6.61 Å². The highest BCUT2D eigenvalue weighted by Gasteiger charge is 2.45. The molecule has 0 saturated carbocycles. The van der Waals surface area contributed by atoms with Crippen molar-refractivity contribution in [2.45, 2.75) is 24.5 Å². The number of rotatable bonds is 4. The van der Waals surface area contributed by atoms with E-state index in [0.29, 0.717) is 0 Å². The van der Waals surface area contributed by atoms with Gasteiger partial charge in [0.2, 0.25) is 0 Å². The SMILES string of the molecule is N[C@@H]1[C@H](OP(N)O)[C@@H](CO)O[C@H]1n1ccc(=O)[nH]c1=O. The maximum Gasteiger partial charge on any atom is 0.330 e. The van der Waals surface area contributed by atoms with Crippen LogP contribution in [0.25, 0.3) is 0 Å². The standard InChI is InChI=1S/C9H15N4O6P/c10-6-7(19-20(11)17)4(3-14)18-8(6)13-2-1-5(15)12-9(13)16/h1-2,4,6-8,14,17H,3,10-11H2,(H,12,15,16)/t4-,6-,7-,8-,20?/m1/s1. The molecule has 5 atom stereocenters. The summed E-state index contributed by atoms with van der Waals surface area (Å²) in [6.45, 7) is -0.420. The molecule has 0 aromatic carbocycles. The van der Waals surface area contributed by atoms with Crippen molar-refractivity contribution in [1.29, 1.82) is 0 Å². The van der Waals surface area contributed by atoms with Crippen molar-refractivity contribution in [2.24, 2.45) is 11.2 Å². The van der Waals surface area contributed by atoms with Gasteiger partial charge in [0.1, 0.15) is 12.2 Å². The summed E-state index contributed by atoms with van der Waals surface area (Å²) < 4.78 is 11.5. The number of aliphatic hydroxyl groups is 1. The second kappa shape index (κ2) is 6.10. The van der Waals surface area contributed by atoms with Gasteiger partial charge in [-0.05, 0) is 0 Å². The van der Waals surface area contributed by atoms with Crippen molar-refractivity contribution >= 4 is 8.53 Å². The number of aromatic amines is 1. The molecule has 1 saturated heterocycles. The van der Waals surface area contributed by atoms with E-state index in [1.807, 2.05) is 0 Å². The van der Waals surface area contributed by atoms with Crippen LogP contribution in [-0.2, 0) is 9.26 Å². The zero-order valence-electron chi connectivity index (χ0n) is 10.2. The number of H-pyrrole nitrogens is 1. The quantitative estimate of drug-likeness (QED) is 0.375. The Balaban J connectivity index is 2.29.